The summed E-state index contributed by atoms with van der Waals surface area (Å²) in [6.07, 6.45) is 4.51. The molecule has 1 heterocycles. The molecule has 1 fully saturated rings. The number of rotatable bonds is 3. The number of nitrogens with zero attached hydrogens (tertiary/aromatic N) is 1. The summed E-state index contributed by atoms with van der Waals surface area (Å²) in [5.74, 6) is 0.843. The van der Waals surface area contributed by atoms with Crippen molar-refractivity contribution in [2.24, 2.45) is 0 Å². The van der Waals surface area contributed by atoms with Crippen LogP contribution in [0.25, 0.3) is 0 Å². The van der Waals surface area contributed by atoms with Crippen LogP contribution in [0.3, 0.4) is 0 Å². The molecule has 1 aromatic rings. The molecular formula is C9H11BrN2O. The summed E-state index contributed by atoms with van der Waals surface area (Å²) in [5.41, 5.74) is 0.957. The van der Waals surface area contributed by atoms with Gasteiger partial charge in [0.25, 0.3) is 0 Å². The van der Waals surface area contributed by atoms with Crippen molar-refractivity contribution < 1.29 is 4.74 Å². The second-order valence-electron chi connectivity index (χ2n) is 3.08. The van der Waals surface area contributed by atoms with Gasteiger partial charge in [-0.1, -0.05) is 0 Å². The number of anilines is 1. The molecule has 1 aliphatic rings. The first-order valence-electron chi connectivity index (χ1n) is 4.29. The van der Waals surface area contributed by atoms with E-state index in [4.69, 9.17) is 4.74 Å². The van der Waals surface area contributed by atoms with E-state index in [1.165, 1.54) is 12.8 Å². The SMILES string of the molecule is CNc1cc(OC2CC2)cnc1Br. The minimum Gasteiger partial charge on any atom is -0.489 e. The van der Waals surface area contributed by atoms with Crippen LogP contribution in [0.1, 0.15) is 12.8 Å². The summed E-state index contributed by atoms with van der Waals surface area (Å²) >= 11 is 3.34. The van der Waals surface area contributed by atoms with Gasteiger partial charge in [0, 0.05) is 13.1 Å². The van der Waals surface area contributed by atoms with Crippen LogP contribution in [0.15, 0.2) is 16.9 Å². The highest BCUT2D eigenvalue weighted by Crippen LogP contribution is 2.29. The smallest absolute Gasteiger partial charge is 0.140 e. The van der Waals surface area contributed by atoms with E-state index < -0.39 is 0 Å². The molecule has 3 nitrogen and oxygen atoms in total. The van der Waals surface area contributed by atoms with E-state index in [-0.39, 0.29) is 0 Å². The summed E-state index contributed by atoms with van der Waals surface area (Å²) in [5, 5.41) is 3.04. The molecule has 1 N–H and O–H groups in total. The van der Waals surface area contributed by atoms with Crippen molar-refractivity contribution in [3.8, 4) is 5.75 Å². The van der Waals surface area contributed by atoms with E-state index in [0.29, 0.717) is 6.10 Å². The lowest BCUT2D eigenvalue weighted by molar-refractivity contribution is 0.302. The van der Waals surface area contributed by atoms with Crippen LogP contribution in [-0.4, -0.2) is 18.1 Å². The molecule has 0 aromatic carbocycles. The van der Waals surface area contributed by atoms with Crippen LogP contribution < -0.4 is 10.1 Å². The van der Waals surface area contributed by atoms with E-state index >= 15 is 0 Å². The van der Waals surface area contributed by atoms with Gasteiger partial charge in [0.15, 0.2) is 0 Å². The number of pyridine rings is 1. The number of nitrogens with one attached hydrogen (secondary N) is 1. The van der Waals surface area contributed by atoms with Crippen molar-refractivity contribution in [1.29, 1.82) is 0 Å². The van der Waals surface area contributed by atoms with E-state index in [2.05, 4.69) is 26.2 Å². The largest absolute Gasteiger partial charge is 0.489 e. The average Bonchev–Trinajstić information content (AvgIpc) is 2.92. The highest BCUT2D eigenvalue weighted by atomic mass is 79.9. The molecule has 13 heavy (non-hydrogen) atoms. The van der Waals surface area contributed by atoms with Crippen molar-refractivity contribution in [2.45, 2.75) is 18.9 Å². The van der Waals surface area contributed by atoms with Gasteiger partial charge in [0.05, 0.1) is 18.0 Å². The van der Waals surface area contributed by atoms with E-state index in [9.17, 15) is 0 Å². The van der Waals surface area contributed by atoms with E-state index in [0.717, 1.165) is 16.0 Å². The molecule has 0 atom stereocenters. The van der Waals surface area contributed by atoms with Crippen molar-refractivity contribution in [2.75, 3.05) is 12.4 Å². The van der Waals surface area contributed by atoms with Crippen molar-refractivity contribution in [3.05, 3.63) is 16.9 Å². The molecule has 0 amide bonds. The minimum atomic E-state index is 0.424. The van der Waals surface area contributed by atoms with Gasteiger partial charge >= 0.3 is 0 Å². The zero-order chi connectivity index (χ0) is 9.26. The molecule has 1 aliphatic carbocycles. The molecular weight excluding hydrogens is 232 g/mol. The lowest BCUT2D eigenvalue weighted by Gasteiger charge is -2.07. The maximum atomic E-state index is 5.60. The number of halogens is 1. The van der Waals surface area contributed by atoms with E-state index in [1.54, 1.807) is 6.20 Å². The standard InChI is InChI=1S/C9H11BrN2O/c1-11-8-4-7(5-12-9(8)10)13-6-2-3-6/h4-6,11H,2-3H2,1H3. The Hall–Kier alpha value is -0.770. The predicted molar refractivity (Wildman–Crippen MR) is 55.1 cm³/mol. The van der Waals surface area contributed by atoms with Gasteiger partial charge in [0.2, 0.25) is 0 Å². The van der Waals surface area contributed by atoms with Crippen LogP contribution in [0.2, 0.25) is 0 Å². The Balaban J connectivity index is 2.16. The molecule has 4 heteroatoms. The highest BCUT2D eigenvalue weighted by Gasteiger charge is 2.23. The third kappa shape index (κ3) is 2.12. The van der Waals surface area contributed by atoms with Gasteiger partial charge in [-0.3, -0.25) is 0 Å². The van der Waals surface area contributed by atoms with Crippen molar-refractivity contribution in [3.63, 3.8) is 0 Å². The van der Waals surface area contributed by atoms with Crippen LogP contribution in [0.5, 0.6) is 5.75 Å². The Morgan fingerprint density at radius 2 is 2.38 bits per heavy atom. The van der Waals surface area contributed by atoms with Crippen LogP contribution in [0.4, 0.5) is 5.69 Å². The van der Waals surface area contributed by atoms with Gasteiger partial charge in [-0.05, 0) is 28.8 Å². The normalized spacial score (nSPS) is 15.5. The monoisotopic (exact) mass is 242 g/mol. The Morgan fingerprint density at radius 1 is 1.62 bits per heavy atom. The first-order valence-corrected chi connectivity index (χ1v) is 5.09. The summed E-state index contributed by atoms with van der Waals surface area (Å²) < 4.78 is 6.42. The fraction of sp³-hybridized carbons (Fsp3) is 0.444. The first kappa shape index (κ1) is 8.81. The fourth-order valence-electron chi connectivity index (χ4n) is 1.05. The number of ether oxygens (including phenoxy) is 1. The topological polar surface area (TPSA) is 34.1 Å². The van der Waals surface area contributed by atoms with E-state index in [1.807, 2.05) is 13.1 Å². The molecule has 2 rings (SSSR count). The zero-order valence-electron chi connectivity index (χ0n) is 7.38. The first-order chi connectivity index (χ1) is 6.29. The van der Waals surface area contributed by atoms with Crippen LogP contribution in [-0.2, 0) is 0 Å². The molecule has 1 aromatic heterocycles. The molecule has 0 bridgehead atoms. The molecule has 0 unspecified atom stereocenters. The van der Waals surface area contributed by atoms with Gasteiger partial charge in [-0.2, -0.15) is 0 Å². The quantitative estimate of drug-likeness (QED) is 0.828. The summed E-state index contributed by atoms with van der Waals surface area (Å²) in [6.45, 7) is 0. The Morgan fingerprint density at radius 3 is 3.00 bits per heavy atom. The molecule has 0 radical (unpaired) electrons. The third-order valence-electron chi connectivity index (χ3n) is 1.91. The average molecular weight is 243 g/mol. The molecule has 0 aliphatic heterocycles. The number of hydrogen-bond donors (Lipinski definition) is 1. The number of hydrogen-bond acceptors (Lipinski definition) is 3. The Bertz CT molecular complexity index is 312. The lowest BCUT2D eigenvalue weighted by atomic mass is 10.4. The second kappa shape index (κ2) is 3.54. The zero-order valence-corrected chi connectivity index (χ0v) is 8.97. The summed E-state index contributed by atoms with van der Waals surface area (Å²) in [7, 11) is 1.86. The lowest BCUT2D eigenvalue weighted by Crippen LogP contribution is -1.98. The van der Waals surface area contributed by atoms with Gasteiger partial charge in [-0.25, -0.2) is 4.98 Å². The van der Waals surface area contributed by atoms with Crippen molar-refractivity contribution >= 4 is 21.6 Å². The molecule has 0 spiro atoms. The predicted octanol–water partition coefficient (Wildman–Crippen LogP) is 2.43. The maximum absolute atomic E-state index is 5.60. The number of aromatic nitrogens is 1. The van der Waals surface area contributed by atoms with Gasteiger partial charge in [0.1, 0.15) is 10.4 Å². The highest BCUT2D eigenvalue weighted by molar-refractivity contribution is 9.10. The van der Waals surface area contributed by atoms with Crippen LogP contribution in [0, 0.1) is 0 Å². The van der Waals surface area contributed by atoms with Gasteiger partial charge < -0.3 is 10.1 Å². The Labute approximate surface area is 85.6 Å². The maximum Gasteiger partial charge on any atom is 0.140 e. The van der Waals surface area contributed by atoms with Crippen LogP contribution >= 0.6 is 15.9 Å². The van der Waals surface area contributed by atoms with Gasteiger partial charge in [-0.15, -0.1) is 0 Å². The second-order valence-corrected chi connectivity index (χ2v) is 3.83. The third-order valence-corrected chi connectivity index (χ3v) is 2.54. The fourth-order valence-corrected chi connectivity index (χ4v) is 1.46. The summed E-state index contributed by atoms with van der Waals surface area (Å²) in [6, 6.07) is 1.95. The molecule has 70 valence electrons. The van der Waals surface area contributed by atoms with Crippen molar-refractivity contribution in [1.82, 2.24) is 4.98 Å². The minimum absolute atomic E-state index is 0.424. The molecule has 0 saturated heterocycles. The summed E-state index contributed by atoms with van der Waals surface area (Å²) in [4.78, 5) is 4.16. The Kier molecular flexibility index (Phi) is 2.40. The molecule has 1 saturated carbocycles.